The van der Waals surface area contributed by atoms with Gasteiger partial charge < -0.3 is 54.5 Å². The van der Waals surface area contributed by atoms with E-state index in [0.717, 1.165) is 53.0 Å². The number of phenols is 1. The van der Waals surface area contributed by atoms with E-state index in [-0.39, 0.29) is 90.7 Å². The molecular weight excluding hydrogens is 1120 g/mol. The molecule has 3 fully saturated rings. The maximum atomic E-state index is 17.1. The zero-order valence-electron chi connectivity index (χ0n) is 48.4. The van der Waals surface area contributed by atoms with Crippen molar-refractivity contribution < 1.29 is 52.7 Å². The summed E-state index contributed by atoms with van der Waals surface area (Å²) in [5.74, 6) is -1.79. The zero-order valence-corrected chi connectivity index (χ0v) is 50.0. The highest BCUT2D eigenvalue weighted by Gasteiger charge is 2.45. The number of likely N-dealkylation sites (tertiary alicyclic amines) is 2. The molecule has 9 rings (SSSR count). The number of ether oxygens (including phenoxy) is 4. The topological polar surface area (TPSA) is 221 Å². The predicted molar refractivity (Wildman–Crippen MR) is 322 cm³/mol. The van der Waals surface area contributed by atoms with Gasteiger partial charge in [0.15, 0.2) is 5.82 Å². The molecule has 22 heteroatoms. The predicted octanol–water partition coefficient (Wildman–Crippen LogP) is 7.87. The first kappa shape index (κ1) is 61.7. The first-order valence-corrected chi connectivity index (χ1v) is 29.8. The minimum absolute atomic E-state index is 0.000122. The summed E-state index contributed by atoms with van der Waals surface area (Å²) in [5, 5.41) is 29.1. The van der Waals surface area contributed by atoms with Crippen LogP contribution in [0.5, 0.6) is 11.8 Å². The van der Waals surface area contributed by atoms with Gasteiger partial charge in [-0.15, -0.1) is 11.3 Å². The van der Waals surface area contributed by atoms with Gasteiger partial charge in [-0.3, -0.25) is 24.1 Å². The van der Waals surface area contributed by atoms with Crippen molar-refractivity contribution in [2.24, 2.45) is 5.41 Å². The van der Waals surface area contributed by atoms with Crippen molar-refractivity contribution in [2.45, 2.75) is 97.2 Å². The standard InChI is InChI=1S/C62H75ClFN9O10S/c1-8-52(77)71-21-23-72(24-22-71)58-48-32-49(63)53(47-30-43(74)29-42-11-9-10-12-46(42)47)54(64)55(48)68-61(69-58)83-37(2)33-70-19-17-45(18-20-70)82-28-27-80-25-26-81-35-51(76)67-57(62(5,6)7)60(79)73-34-44(75)31-50(73)59(78)66-38(3)40-13-15-41(16-14-40)56-39(4)65-36-84-56/h8-16,29-30,32,36-38,44-45,50,57,74-75H,1,17-28,31,33-35H2,2-7H3,(H,66,78)(H,67,76)/t37-,38+,44-,50+,57-/m1/s1. The van der Waals surface area contributed by atoms with Gasteiger partial charge in [-0.25, -0.2) is 9.37 Å². The fraction of sp³-hybridized carbons (Fsp3) is 0.468. The normalized spacial score (nSPS) is 18.2. The van der Waals surface area contributed by atoms with Crippen LogP contribution in [0.4, 0.5) is 10.2 Å². The number of piperazine rings is 1. The van der Waals surface area contributed by atoms with E-state index in [0.29, 0.717) is 68.1 Å². The lowest BCUT2D eigenvalue weighted by Gasteiger charge is -2.35. The lowest BCUT2D eigenvalue weighted by Crippen LogP contribution is -2.58. The van der Waals surface area contributed by atoms with Crippen LogP contribution in [-0.2, 0) is 33.4 Å². The van der Waals surface area contributed by atoms with Gasteiger partial charge in [0.2, 0.25) is 23.6 Å². The summed E-state index contributed by atoms with van der Waals surface area (Å²) < 4.78 is 41.1. The summed E-state index contributed by atoms with van der Waals surface area (Å²) in [4.78, 5) is 75.7. The number of hydrogen-bond acceptors (Lipinski definition) is 16. The number of nitrogens with zero attached hydrogens (tertiary/aromatic N) is 7. The fourth-order valence-electron chi connectivity index (χ4n) is 11.2. The van der Waals surface area contributed by atoms with Crippen molar-refractivity contribution >= 4 is 74.1 Å². The second-order valence-electron chi connectivity index (χ2n) is 22.9. The molecule has 3 saturated heterocycles. The molecule has 84 heavy (non-hydrogen) atoms. The number of halogens is 2. The second kappa shape index (κ2) is 27.5. The average Bonchev–Trinajstić information content (AvgIpc) is 2.32. The van der Waals surface area contributed by atoms with Gasteiger partial charge in [0.1, 0.15) is 41.9 Å². The van der Waals surface area contributed by atoms with Crippen LogP contribution in [0.15, 0.2) is 84.9 Å². The Morgan fingerprint density at radius 1 is 0.917 bits per heavy atom. The summed E-state index contributed by atoms with van der Waals surface area (Å²) in [6.07, 6.45) is 1.68. The molecule has 0 spiro atoms. The number of nitrogens with one attached hydrogen (secondary N) is 2. The third-order valence-corrected chi connectivity index (χ3v) is 16.9. The molecule has 3 aliphatic heterocycles. The summed E-state index contributed by atoms with van der Waals surface area (Å²) in [6.45, 7) is 19.3. The number of aromatic nitrogens is 3. The molecule has 3 aliphatic rings. The second-order valence-corrected chi connectivity index (χ2v) is 24.1. The number of rotatable bonds is 22. The van der Waals surface area contributed by atoms with E-state index in [1.54, 1.807) is 28.4 Å². The van der Waals surface area contributed by atoms with Gasteiger partial charge >= 0.3 is 6.01 Å². The van der Waals surface area contributed by atoms with Crippen LogP contribution in [0.3, 0.4) is 0 Å². The number of amides is 4. The number of carbonyl (C=O) groups excluding carboxylic acids is 4. The summed E-state index contributed by atoms with van der Waals surface area (Å²) in [6, 6.07) is 17.8. The Kier molecular flexibility index (Phi) is 20.2. The molecule has 6 aromatic rings. The lowest BCUT2D eigenvalue weighted by atomic mass is 9.85. The molecule has 4 aromatic carbocycles. The molecule has 0 unspecified atom stereocenters. The van der Waals surface area contributed by atoms with E-state index in [1.165, 1.54) is 17.0 Å². The molecule has 448 valence electrons. The molecule has 0 radical (unpaired) electrons. The number of carbonyl (C=O) groups is 4. The van der Waals surface area contributed by atoms with Crippen LogP contribution in [0.1, 0.15) is 71.2 Å². The Hall–Kier alpha value is -6.85. The number of thiazole rings is 1. The molecule has 5 heterocycles. The van der Waals surface area contributed by atoms with E-state index >= 15 is 4.39 Å². The SMILES string of the molecule is C=CC(=O)N1CCN(c2nc(O[C@H](C)CN3CCC(OCCOCCOCC(=O)N[C@H](C(=O)N4C[C@H](O)C[C@H]4C(=O)N[C@@H](C)c4ccc(-c5scnc5C)cc4)C(C)(C)C)CC3)nc3c(F)c(-c4cc(O)cc5ccccc45)c(Cl)cc23)CC1. The molecule has 5 atom stereocenters. The fourth-order valence-corrected chi connectivity index (χ4v) is 12.3. The van der Waals surface area contributed by atoms with Crippen LogP contribution >= 0.6 is 22.9 Å². The number of aliphatic hydroxyl groups excluding tert-OH is 1. The number of phenolic OH excluding ortho intramolecular Hbond substituents is 1. The van der Waals surface area contributed by atoms with E-state index in [2.05, 4.69) is 32.1 Å². The Labute approximate surface area is 498 Å². The first-order valence-electron chi connectivity index (χ1n) is 28.6. The number of fused-ring (bicyclic) bond motifs is 2. The summed E-state index contributed by atoms with van der Waals surface area (Å²) >= 11 is 8.50. The average molecular weight is 1190 g/mol. The van der Waals surface area contributed by atoms with Crippen LogP contribution in [0, 0.1) is 18.2 Å². The van der Waals surface area contributed by atoms with Crippen molar-refractivity contribution in [3.63, 3.8) is 0 Å². The molecular formula is C62H75ClFN9O10S. The van der Waals surface area contributed by atoms with Crippen molar-refractivity contribution in [1.29, 1.82) is 0 Å². The molecule has 4 N–H and O–H groups in total. The Balaban J connectivity index is 0.707. The van der Waals surface area contributed by atoms with Crippen molar-refractivity contribution in [3.05, 3.63) is 107 Å². The number of benzene rings is 4. The van der Waals surface area contributed by atoms with Crippen molar-refractivity contribution in [3.8, 4) is 33.3 Å². The maximum Gasteiger partial charge on any atom is 0.319 e. The minimum Gasteiger partial charge on any atom is -0.508 e. The van der Waals surface area contributed by atoms with E-state index in [1.807, 2.05) is 100 Å². The number of β-amino-alcohol motifs (C(OH)–C–C–N with tert-alkyl or cyclic N) is 1. The molecule has 0 aliphatic carbocycles. The van der Waals surface area contributed by atoms with E-state index in [4.69, 9.17) is 35.5 Å². The van der Waals surface area contributed by atoms with Gasteiger partial charge in [0.25, 0.3) is 0 Å². The molecule has 0 bridgehead atoms. The van der Waals surface area contributed by atoms with Gasteiger partial charge in [-0.05, 0) is 90.8 Å². The van der Waals surface area contributed by atoms with E-state index < -0.39 is 41.2 Å². The highest BCUT2D eigenvalue weighted by atomic mass is 35.5. The van der Waals surface area contributed by atoms with Crippen LogP contribution in [0.2, 0.25) is 5.02 Å². The van der Waals surface area contributed by atoms with Gasteiger partial charge in [0, 0.05) is 69.7 Å². The third kappa shape index (κ3) is 14.8. The Morgan fingerprint density at radius 2 is 1.63 bits per heavy atom. The summed E-state index contributed by atoms with van der Waals surface area (Å²) in [7, 11) is 0. The number of aliphatic hydroxyl groups is 1. The van der Waals surface area contributed by atoms with Crippen LogP contribution in [0.25, 0.3) is 43.2 Å². The third-order valence-electron chi connectivity index (χ3n) is 15.6. The minimum atomic E-state index is -0.996. The summed E-state index contributed by atoms with van der Waals surface area (Å²) in [5.41, 5.74) is 4.49. The largest absolute Gasteiger partial charge is 0.508 e. The maximum absolute atomic E-state index is 17.1. The molecule has 19 nitrogen and oxygen atoms in total. The first-order chi connectivity index (χ1) is 40.3. The van der Waals surface area contributed by atoms with Crippen molar-refractivity contribution in [1.82, 2.24) is 40.3 Å². The van der Waals surface area contributed by atoms with Crippen LogP contribution in [-0.4, -0.2) is 179 Å². The van der Waals surface area contributed by atoms with Gasteiger partial charge in [-0.1, -0.05) is 87.5 Å². The number of piperidine rings is 1. The lowest BCUT2D eigenvalue weighted by molar-refractivity contribution is -0.144. The molecule has 2 aromatic heterocycles. The quantitative estimate of drug-likeness (QED) is 0.0375. The van der Waals surface area contributed by atoms with Gasteiger partial charge in [-0.2, -0.15) is 9.97 Å². The zero-order chi connectivity index (χ0) is 59.8. The monoisotopic (exact) mass is 1190 g/mol. The highest BCUT2D eigenvalue weighted by molar-refractivity contribution is 7.13. The number of aryl methyl sites for hydroxylation is 1. The molecule has 4 amide bonds. The Morgan fingerprint density at radius 3 is 2.33 bits per heavy atom. The smallest absolute Gasteiger partial charge is 0.319 e. The number of aromatic hydroxyl groups is 1. The number of hydrogen-bond donors (Lipinski definition) is 4. The molecule has 0 saturated carbocycles. The number of anilines is 1. The highest BCUT2D eigenvalue weighted by Crippen LogP contribution is 2.43. The van der Waals surface area contributed by atoms with Gasteiger partial charge in [0.05, 0.1) is 65.8 Å². The van der Waals surface area contributed by atoms with Crippen molar-refractivity contribution in [2.75, 3.05) is 90.3 Å². The van der Waals surface area contributed by atoms with Crippen LogP contribution < -0.4 is 20.3 Å². The van der Waals surface area contributed by atoms with E-state index in [9.17, 15) is 29.4 Å². The Bertz CT molecular complexity index is 3330.